The fraction of sp³-hybridized carbons (Fsp3) is 0.500. The van der Waals surface area contributed by atoms with E-state index in [1.807, 2.05) is 6.08 Å². The maximum atomic E-state index is 11.8. The third-order valence-electron chi connectivity index (χ3n) is 3.66. The molecule has 0 saturated carbocycles. The highest BCUT2D eigenvalue weighted by molar-refractivity contribution is 6.68. The summed E-state index contributed by atoms with van der Waals surface area (Å²) in [4.78, 5) is 23.2. The first-order valence-corrected chi connectivity index (χ1v) is 9.31. The summed E-state index contributed by atoms with van der Waals surface area (Å²) in [5, 5.41) is -0.611. The molecule has 0 heterocycles. The van der Waals surface area contributed by atoms with Crippen LogP contribution in [0.5, 0.6) is 11.5 Å². The second kappa shape index (κ2) is 12.5. The zero-order valence-corrected chi connectivity index (χ0v) is 15.8. The lowest BCUT2D eigenvalue weighted by molar-refractivity contribution is -0.129. The standard InChI is InChI=1S/C20H27ClO4/c1-3-5-6-7-8-9-10-11-12-19(22)25-16-13-14-17(20(21)23)18(15-16)24-4-2/h11-15H,3-10H2,1-2H3. The zero-order valence-electron chi connectivity index (χ0n) is 15.1. The third kappa shape index (κ3) is 8.73. The number of allylic oxidation sites excluding steroid dienone is 1. The van der Waals surface area contributed by atoms with Crippen molar-refractivity contribution in [3.05, 3.63) is 35.9 Å². The van der Waals surface area contributed by atoms with Gasteiger partial charge in [-0.15, -0.1) is 0 Å². The average Bonchev–Trinajstić information content (AvgIpc) is 2.57. The largest absolute Gasteiger partial charge is 0.493 e. The van der Waals surface area contributed by atoms with Crippen molar-refractivity contribution in [2.75, 3.05) is 6.61 Å². The minimum absolute atomic E-state index is 0.252. The molecule has 0 fully saturated rings. The molecule has 1 aromatic carbocycles. The van der Waals surface area contributed by atoms with E-state index >= 15 is 0 Å². The van der Waals surface area contributed by atoms with E-state index in [2.05, 4.69) is 6.92 Å². The van der Waals surface area contributed by atoms with Gasteiger partial charge in [0.15, 0.2) is 0 Å². The lowest BCUT2D eigenvalue weighted by Gasteiger charge is -2.09. The van der Waals surface area contributed by atoms with Crippen LogP contribution in [0.2, 0.25) is 0 Å². The highest BCUT2D eigenvalue weighted by atomic mass is 35.5. The van der Waals surface area contributed by atoms with Gasteiger partial charge in [-0.2, -0.15) is 0 Å². The monoisotopic (exact) mass is 366 g/mol. The molecule has 1 rings (SSSR count). The Bertz CT molecular complexity index is 581. The van der Waals surface area contributed by atoms with Crippen molar-refractivity contribution >= 4 is 22.8 Å². The summed E-state index contributed by atoms with van der Waals surface area (Å²) in [5.74, 6) is 0.182. The minimum Gasteiger partial charge on any atom is -0.493 e. The van der Waals surface area contributed by atoms with Crippen molar-refractivity contribution in [1.29, 1.82) is 0 Å². The van der Waals surface area contributed by atoms with Crippen LogP contribution in [0.3, 0.4) is 0 Å². The molecule has 5 heteroatoms. The van der Waals surface area contributed by atoms with Crippen LogP contribution in [0.4, 0.5) is 0 Å². The van der Waals surface area contributed by atoms with Gasteiger partial charge in [-0.1, -0.05) is 45.1 Å². The van der Waals surface area contributed by atoms with Crippen LogP contribution in [0.1, 0.15) is 69.2 Å². The summed E-state index contributed by atoms with van der Waals surface area (Å²) in [6.07, 6.45) is 11.5. The van der Waals surface area contributed by atoms with Crippen molar-refractivity contribution in [3.8, 4) is 11.5 Å². The predicted octanol–water partition coefficient (Wildman–Crippen LogP) is 5.68. The Hall–Kier alpha value is -1.81. The molecular formula is C20H27ClO4. The number of carbonyl (C=O) groups excluding carboxylic acids is 2. The molecule has 25 heavy (non-hydrogen) atoms. The SMILES string of the molecule is CCCCCCCCC=CC(=O)Oc1ccc(C(=O)Cl)c(OCC)c1. The van der Waals surface area contributed by atoms with Gasteiger partial charge in [-0.05, 0) is 43.5 Å². The molecule has 138 valence electrons. The first kappa shape index (κ1) is 21.2. The molecule has 0 aromatic heterocycles. The molecule has 0 atom stereocenters. The van der Waals surface area contributed by atoms with E-state index in [4.69, 9.17) is 21.1 Å². The molecule has 0 aliphatic rings. The summed E-state index contributed by atoms with van der Waals surface area (Å²) in [7, 11) is 0. The maximum absolute atomic E-state index is 11.8. The number of carbonyl (C=O) groups is 2. The average molecular weight is 367 g/mol. The van der Waals surface area contributed by atoms with E-state index < -0.39 is 11.2 Å². The van der Waals surface area contributed by atoms with E-state index in [-0.39, 0.29) is 5.56 Å². The molecule has 0 aliphatic heterocycles. The summed E-state index contributed by atoms with van der Waals surface area (Å²) >= 11 is 5.50. The molecule has 0 bridgehead atoms. The van der Waals surface area contributed by atoms with E-state index in [0.717, 1.165) is 12.8 Å². The molecule has 0 radical (unpaired) electrons. The molecule has 1 aromatic rings. The Balaban J connectivity index is 2.44. The van der Waals surface area contributed by atoms with Gasteiger partial charge in [-0.3, -0.25) is 4.79 Å². The van der Waals surface area contributed by atoms with Gasteiger partial charge in [0.25, 0.3) is 5.24 Å². The molecule has 0 N–H and O–H groups in total. The van der Waals surface area contributed by atoms with E-state index in [1.54, 1.807) is 6.92 Å². The smallest absolute Gasteiger partial charge is 0.335 e. The molecule has 0 saturated heterocycles. The topological polar surface area (TPSA) is 52.6 Å². The van der Waals surface area contributed by atoms with Crippen molar-refractivity contribution in [3.63, 3.8) is 0 Å². The lowest BCUT2D eigenvalue weighted by atomic mass is 10.1. The summed E-state index contributed by atoms with van der Waals surface area (Å²) < 4.78 is 10.6. The molecule has 0 amide bonds. The van der Waals surface area contributed by atoms with Crippen molar-refractivity contribution in [2.24, 2.45) is 0 Å². The number of halogens is 1. The number of benzene rings is 1. The van der Waals surface area contributed by atoms with Crippen LogP contribution in [0.25, 0.3) is 0 Å². The lowest BCUT2D eigenvalue weighted by Crippen LogP contribution is -2.05. The van der Waals surface area contributed by atoms with Gasteiger partial charge in [0.1, 0.15) is 11.5 Å². The van der Waals surface area contributed by atoms with E-state index in [0.29, 0.717) is 18.1 Å². The Kier molecular flexibility index (Phi) is 10.6. The van der Waals surface area contributed by atoms with Crippen LogP contribution in [-0.2, 0) is 4.79 Å². The molecule has 0 spiro atoms. The van der Waals surface area contributed by atoms with Crippen LogP contribution in [0.15, 0.2) is 30.4 Å². The summed E-state index contributed by atoms with van der Waals surface area (Å²) in [6.45, 7) is 4.38. The Labute approximate surface area is 155 Å². The molecule has 4 nitrogen and oxygen atoms in total. The molecular weight excluding hydrogens is 340 g/mol. The highest BCUT2D eigenvalue weighted by Crippen LogP contribution is 2.26. The molecule has 0 aliphatic carbocycles. The van der Waals surface area contributed by atoms with Crippen molar-refractivity contribution in [2.45, 2.75) is 58.8 Å². The zero-order chi connectivity index (χ0) is 18.5. The van der Waals surface area contributed by atoms with Crippen LogP contribution in [0, 0.1) is 0 Å². The Morgan fingerprint density at radius 1 is 1.08 bits per heavy atom. The number of hydrogen-bond acceptors (Lipinski definition) is 4. The highest BCUT2D eigenvalue weighted by Gasteiger charge is 2.12. The predicted molar refractivity (Wildman–Crippen MR) is 101 cm³/mol. The van der Waals surface area contributed by atoms with Crippen LogP contribution in [-0.4, -0.2) is 17.8 Å². The van der Waals surface area contributed by atoms with Gasteiger partial charge in [-0.25, -0.2) is 4.79 Å². The van der Waals surface area contributed by atoms with Gasteiger partial charge in [0.2, 0.25) is 0 Å². The maximum Gasteiger partial charge on any atom is 0.335 e. The second-order valence-corrected chi connectivity index (χ2v) is 6.09. The number of unbranched alkanes of at least 4 members (excludes halogenated alkanes) is 6. The van der Waals surface area contributed by atoms with E-state index in [1.165, 1.54) is 56.4 Å². The van der Waals surface area contributed by atoms with Crippen molar-refractivity contribution in [1.82, 2.24) is 0 Å². The van der Waals surface area contributed by atoms with Gasteiger partial charge in [0.05, 0.1) is 12.2 Å². The van der Waals surface area contributed by atoms with Gasteiger partial charge in [0, 0.05) is 12.1 Å². The second-order valence-electron chi connectivity index (χ2n) is 5.74. The normalized spacial score (nSPS) is 10.8. The van der Waals surface area contributed by atoms with Crippen molar-refractivity contribution < 1.29 is 19.1 Å². The fourth-order valence-electron chi connectivity index (χ4n) is 2.38. The van der Waals surface area contributed by atoms with Crippen LogP contribution < -0.4 is 9.47 Å². The summed E-state index contributed by atoms with van der Waals surface area (Å²) in [6, 6.07) is 4.51. The van der Waals surface area contributed by atoms with Gasteiger partial charge >= 0.3 is 5.97 Å². The molecule has 0 unspecified atom stereocenters. The minimum atomic E-state index is -0.611. The Morgan fingerprint density at radius 3 is 2.48 bits per heavy atom. The van der Waals surface area contributed by atoms with Crippen LogP contribution >= 0.6 is 11.6 Å². The number of esters is 1. The fourth-order valence-corrected chi connectivity index (χ4v) is 2.53. The first-order chi connectivity index (χ1) is 12.1. The quantitative estimate of drug-likeness (QED) is 0.157. The van der Waals surface area contributed by atoms with Gasteiger partial charge < -0.3 is 9.47 Å². The third-order valence-corrected chi connectivity index (χ3v) is 3.86. The first-order valence-electron chi connectivity index (χ1n) is 8.93. The summed E-state index contributed by atoms with van der Waals surface area (Å²) in [5.41, 5.74) is 0.252. The number of rotatable bonds is 12. The Morgan fingerprint density at radius 2 is 1.80 bits per heavy atom. The van der Waals surface area contributed by atoms with E-state index in [9.17, 15) is 9.59 Å². The number of ether oxygens (including phenoxy) is 2. The number of hydrogen-bond donors (Lipinski definition) is 0.